The van der Waals surface area contributed by atoms with Gasteiger partial charge in [-0.3, -0.25) is 0 Å². The Morgan fingerprint density at radius 2 is 1.70 bits per heavy atom. The van der Waals surface area contributed by atoms with Gasteiger partial charge in [0.2, 0.25) is 0 Å². The summed E-state index contributed by atoms with van der Waals surface area (Å²) in [6.07, 6.45) is 0. The summed E-state index contributed by atoms with van der Waals surface area (Å²) in [4.78, 5) is 0. The Labute approximate surface area is 165 Å². The first kappa shape index (κ1) is 19.3. The lowest BCUT2D eigenvalue weighted by molar-refractivity contribution is 0.302. The van der Waals surface area contributed by atoms with Crippen molar-refractivity contribution in [1.29, 1.82) is 0 Å². The van der Waals surface area contributed by atoms with Crippen LogP contribution in [0, 0.1) is 6.92 Å². The zero-order valence-electron chi connectivity index (χ0n) is 15.7. The van der Waals surface area contributed by atoms with Gasteiger partial charge >= 0.3 is 0 Å². The maximum atomic E-state index is 6.19. The average Bonchev–Trinajstić information content (AvgIpc) is 2.68. The Hall–Kier alpha value is -2.49. The number of hydrogen-bond acceptors (Lipinski definition) is 3. The van der Waals surface area contributed by atoms with Gasteiger partial charge in [-0.15, -0.1) is 0 Å². The number of methoxy groups -OCH3 is 1. The molecule has 3 aromatic rings. The Morgan fingerprint density at radius 1 is 0.889 bits per heavy atom. The molecule has 0 unspecified atom stereocenters. The number of nitrogens with one attached hydrogen (secondary N) is 1. The van der Waals surface area contributed by atoms with Crippen molar-refractivity contribution >= 4 is 11.6 Å². The van der Waals surface area contributed by atoms with Gasteiger partial charge in [0.15, 0.2) is 0 Å². The van der Waals surface area contributed by atoms with E-state index in [0.717, 1.165) is 29.2 Å². The van der Waals surface area contributed by atoms with E-state index < -0.39 is 0 Å². The predicted molar refractivity (Wildman–Crippen MR) is 111 cm³/mol. The largest absolute Gasteiger partial charge is 0.497 e. The lowest BCUT2D eigenvalue weighted by Gasteiger charge is -2.13. The third kappa shape index (κ3) is 5.75. The molecule has 1 N–H and O–H groups in total. The second kappa shape index (κ2) is 9.45. The smallest absolute Gasteiger partial charge is 0.124 e. The molecule has 0 aromatic heterocycles. The van der Waals surface area contributed by atoms with Gasteiger partial charge in [0.25, 0.3) is 0 Å². The maximum Gasteiger partial charge on any atom is 0.124 e. The Morgan fingerprint density at radius 3 is 2.44 bits per heavy atom. The molecule has 0 radical (unpaired) electrons. The fraction of sp³-hybridized carbons (Fsp3) is 0.217. The standard InChI is InChI=1S/C23H24ClNO2/c1-17-4-3-5-19(12-17)16-27-23-11-8-21(24)13-20(23)15-25-14-18-6-9-22(26-2)10-7-18/h3-13,25H,14-16H2,1-2H3. The molecule has 140 valence electrons. The van der Waals surface area contributed by atoms with Gasteiger partial charge in [-0.25, -0.2) is 0 Å². The van der Waals surface area contributed by atoms with Crippen molar-refractivity contribution in [1.82, 2.24) is 5.32 Å². The van der Waals surface area contributed by atoms with Crippen LogP contribution in [0.15, 0.2) is 66.7 Å². The molecule has 3 rings (SSSR count). The monoisotopic (exact) mass is 381 g/mol. The van der Waals surface area contributed by atoms with Crippen molar-refractivity contribution in [3.05, 3.63) is 94.0 Å². The summed E-state index contributed by atoms with van der Waals surface area (Å²) in [5.41, 5.74) is 4.62. The molecular weight excluding hydrogens is 358 g/mol. The van der Waals surface area contributed by atoms with Crippen molar-refractivity contribution in [2.24, 2.45) is 0 Å². The van der Waals surface area contributed by atoms with Crippen molar-refractivity contribution in [3.63, 3.8) is 0 Å². The molecule has 0 fully saturated rings. The van der Waals surface area contributed by atoms with E-state index in [1.165, 1.54) is 11.1 Å². The second-order valence-corrected chi connectivity index (χ2v) is 6.92. The zero-order chi connectivity index (χ0) is 19.1. The molecule has 0 spiro atoms. The summed E-state index contributed by atoms with van der Waals surface area (Å²) in [6, 6.07) is 22.1. The van der Waals surface area contributed by atoms with Crippen LogP contribution in [-0.2, 0) is 19.7 Å². The van der Waals surface area contributed by atoms with Crippen LogP contribution in [0.25, 0.3) is 0 Å². The van der Waals surface area contributed by atoms with Crippen molar-refractivity contribution in [2.45, 2.75) is 26.6 Å². The summed E-state index contributed by atoms with van der Waals surface area (Å²) < 4.78 is 11.2. The highest BCUT2D eigenvalue weighted by Gasteiger charge is 2.06. The first-order chi connectivity index (χ1) is 13.1. The van der Waals surface area contributed by atoms with Crippen LogP contribution in [0.1, 0.15) is 22.3 Å². The van der Waals surface area contributed by atoms with Crippen LogP contribution in [0.3, 0.4) is 0 Å². The highest BCUT2D eigenvalue weighted by Crippen LogP contribution is 2.24. The molecule has 0 bridgehead atoms. The van der Waals surface area contributed by atoms with Gasteiger partial charge in [-0.05, 0) is 48.4 Å². The minimum absolute atomic E-state index is 0.537. The maximum absolute atomic E-state index is 6.19. The molecule has 0 heterocycles. The second-order valence-electron chi connectivity index (χ2n) is 6.48. The Kier molecular flexibility index (Phi) is 6.74. The summed E-state index contributed by atoms with van der Waals surface area (Å²) >= 11 is 6.19. The first-order valence-electron chi connectivity index (χ1n) is 8.94. The minimum atomic E-state index is 0.537. The molecule has 0 amide bonds. The Balaban J connectivity index is 1.61. The average molecular weight is 382 g/mol. The molecule has 27 heavy (non-hydrogen) atoms. The van der Waals surface area contributed by atoms with E-state index >= 15 is 0 Å². The van der Waals surface area contributed by atoms with Crippen LogP contribution in [0.2, 0.25) is 5.02 Å². The van der Waals surface area contributed by atoms with Crippen molar-refractivity contribution in [2.75, 3.05) is 7.11 Å². The van der Waals surface area contributed by atoms with E-state index in [-0.39, 0.29) is 0 Å². The van der Waals surface area contributed by atoms with Gasteiger partial charge in [-0.2, -0.15) is 0 Å². The normalized spacial score (nSPS) is 10.6. The third-order valence-electron chi connectivity index (χ3n) is 4.30. The van der Waals surface area contributed by atoms with Gasteiger partial charge in [0, 0.05) is 23.7 Å². The van der Waals surface area contributed by atoms with Crippen LogP contribution >= 0.6 is 11.6 Å². The first-order valence-corrected chi connectivity index (χ1v) is 9.32. The molecular formula is C23H24ClNO2. The minimum Gasteiger partial charge on any atom is -0.497 e. The zero-order valence-corrected chi connectivity index (χ0v) is 16.4. The molecule has 4 heteroatoms. The highest BCUT2D eigenvalue weighted by atomic mass is 35.5. The molecule has 0 aliphatic rings. The fourth-order valence-corrected chi connectivity index (χ4v) is 3.07. The molecule has 0 aliphatic heterocycles. The van der Waals surface area contributed by atoms with Crippen LogP contribution in [0.5, 0.6) is 11.5 Å². The highest BCUT2D eigenvalue weighted by molar-refractivity contribution is 6.30. The number of aryl methyl sites for hydroxylation is 1. The molecule has 0 atom stereocenters. The lowest BCUT2D eigenvalue weighted by atomic mass is 10.1. The number of hydrogen-bond donors (Lipinski definition) is 1. The van der Waals surface area contributed by atoms with E-state index in [4.69, 9.17) is 21.1 Å². The van der Waals surface area contributed by atoms with Gasteiger partial charge in [0.1, 0.15) is 18.1 Å². The molecule has 0 aliphatic carbocycles. The summed E-state index contributed by atoms with van der Waals surface area (Å²) in [6.45, 7) is 4.05. The van der Waals surface area contributed by atoms with E-state index in [9.17, 15) is 0 Å². The lowest BCUT2D eigenvalue weighted by Crippen LogP contribution is -2.13. The summed E-state index contributed by atoms with van der Waals surface area (Å²) in [7, 11) is 1.67. The summed E-state index contributed by atoms with van der Waals surface area (Å²) in [5.74, 6) is 1.71. The summed E-state index contributed by atoms with van der Waals surface area (Å²) in [5, 5.41) is 4.16. The molecule has 3 aromatic carbocycles. The van der Waals surface area contributed by atoms with Gasteiger partial charge in [-0.1, -0.05) is 53.6 Å². The third-order valence-corrected chi connectivity index (χ3v) is 4.54. The molecule has 0 saturated heterocycles. The SMILES string of the molecule is COc1ccc(CNCc2cc(Cl)ccc2OCc2cccc(C)c2)cc1. The Bertz CT molecular complexity index is 878. The number of ether oxygens (including phenoxy) is 2. The van der Waals surface area contributed by atoms with E-state index in [1.54, 1.807) is 7.11 Å². The van der Waals surface area contributed by atoms with Gasteiger partial charge in [0.05, 0.1) is 7.11 Å². The number of rotatable bonds is 8. The fourth-order valence-electron chi connectivity index (χ4n) is 2.87. The predicted octanol–water partition coefficient (Wildman–Crippen LogP) is 5.53. The van der Waals surface area contributed by atoms with E-state index in [1.807, 2.05) is 36.4 Å². The van der Waals surface area contributed by atoms with Crippen LogP contribution < -0.4 is 14.8 Å². The van der Waals surface area contributed by atoms with Gasteiger partial charge < -0.3 is 14.8 Å². The van der Waals surface area contributed by atoms with Crippen LogP contribution in [0.4, 0.5) is 0 Å². The van der Waals surface area contributed by atoms with E-state index in [2.05, 4.69) is 42.6 Å². The van der Waals surface area contributed by atoms with Crippen molar-refractivity contribution < 1.29 is 9.47 Å². The number of halogens is 1. The van der Waals surface area contributed by atoms with Crippen molar-refractivity contribution in [3.8, 4) is 11.5 Å². The van der Waals surface area contributed by atoms with Crippen LogP contribution in [-0.4, -0.2) is 7.11 Å². The quantitative estimate of drug-likeness (QED) is 0.556. The van der Waals surface area contributed by atoms with E-state index in [0.29, 0.717) is 18.2 Å². The topological polar surface area (TPSA) is 30.5 Å². The molecule has 3 nitrogen and oxygen atoms in total. The molecule has 0 saturated carbocycles. The number of benzene rings is 3.